The lowest BCUT2D eigenvalue weighted by Crippen LogP contribution is -2.29. The van der Waals surface area contributed by atoms with Gasteiger partial charge in [0.2, 0.25) is 0 Å². The Morgan fingerprint density at radius 1 is 0.967 bits per heavy atom. The Balaban J connectivity index is 1.30. The molecule has 2 saturated heterocycles. The molecule has 4 atom stereocenters. The number of hydrogen-bond acceptors (Lipinski definition) is 4. The molecule has 2 aliphatic heterocycles. The van der Waals surface area contributed by atoms with Gasteiger partial charge >= 0.3 is 5.97 Å². The van der Waals surface area contributed by atoms with Crippen LogP contribution in [0, 0.1) is 11.8 Å². The number of fused-ring (bicyclic) bond motifs is 2. The zero-order valence-corrected chi connectivity index (χ0v) is 18.0. The van der Waals surface area contributed by atoms with Crippen molar-refractivity contribution in [2.75, 3.05) is 13.2 Å². The van der Waals surface area contributed by atoms with Gasteiger partial charge in [-0.3, -0.25) is 0 Å². The Labute approximate surface area is 180 Å². The van der Waals surface area contributed by atoms with Gasteiger partial charge in [-0.2, -0.15) is 0 Å². The largest absolute Gasteiger partial charge is 0.482 e. The van der Waals surface area contributed by atoms with E-state index in [-0.39, 0.29) is 6.61 Å². The molecule has 1 aliphatic carbocycles. The van der Waals surface area contributed by atoms with Gasteiger partial charge in [0.1, 0.15) is 5.75 Å². The fourth-order valence-corrected chi connectivity index (χ4v) is 5.76. The summed E-state index contributed by atoms with van der Waals surface area (Å²) in [5.41, 5.74) is 1.09. The van der Waals surface area contributed by atoms with Gasteiger partial charge in [-0.25, -0.2) is 4.79 Å². The molecule has 4 rings (SSSR count). The number of carbonyl (C=O) groups is 1. The molecule has 3 aliphatic rings. The van der Waals surface area contributed by atoms with Crippen LogP contribution in [0.1, 0.15) is 69.8 Å². The summed E-state index contributed by atoms with van der Waals surface area (Å²) in [6.45, 7) is 0.562. The summed E-state index contributed by atoms with van der Waals surface area (Å²) in [4.78, 5) is 10.9. The maximum absolute atomic E-state index is 10.9. The molecule has 3 fully saturated rings. The Morgan fingerprint density at radius 2 is 1.67 bits per heavy atom. The molecular formula is C25H36O5. The number of hydrogen-bond donors (Lipinski definition) is 1. The molecule has 166 valence electrons. The minimum atomic E-state index is -0.944. The van der Waals surface area contributed by atoms with Crippen LogP contribution >= 0.6 is 0 Å². The molecule has 0 unspecified atom stereocenters. The lowest BCUT2D eigenvalue weighted by Gasteiger charge is -2.29. The molecule has 0 spiro atoms. The van der Waals surface area contributed by atoms with Crippen LogP contribution in [-0.4, -0.2) is 42.6 Å². The predicted molar refractivity (Wildman–Crippen MR) is 115 cm³/mol. The highest BCUT2D eigenvalue weighted by atomic mass is 16.5. The van der Waals surface area contributed by atoms with Crippen LogP contribution in [0.5, 0.6) is 5.75 Å². The summed E-state index contributed by atoms with van der Waals surface area (Å²) >= 11 is 0. The van der Waals surface area contributed by atoms with Gasteiger partial charge in [0, 0.05) is 6.61 Å². The molecule has 0 radical (unpaired) electrons. The Morgan fingerprint density at radius 3 is 2.40 bits per heavy atom. The molecule has 2 heterocycles. The number of ether oxygens (including phenoxy) is 3. The molecule has 5 heteroatoms. The summed E-state index contributed by atoms with van der Waals surface area (Å²) in [7, 11) is 0. The van der Waals surface area contributed by atoms with E-state index in [2.05, 4.69) is 6.07 Å². The first-order valence-electron chi connectivity index (χ1n) is 11.9. The van der Waals surface area contributed by atoms with Crippen molar-refractivity contribution >= 4 is 5.97 Å². The van der Waals surface area contributed by atoms with Crippen molar-refractivity contribution in [1.82, 2.24) is 0 Å². The lowest BCUT2D eigenvalue weighted by atomic mass is 9.75. The molecule has 0 aromatic heterocycles. The van der Waals surface area contributed by atoms with Crippen molar-refractivity contribution in [3.63, 3.8) is 0 Å². The third-order valence-corrected chi connectivity index (χ3v) is 7.27. The highest BCUT2D eigenvalue weighted by molar-refractivity contribution is 5.68. The summed E-state index contributed by atoms with van der Waals surface area (Å²) < 4.78 is 18.1. The van der Waals surface area contributed by atoms with Crippen LogP contribution in [0.2, 0.25) is 0 Å². The number of rotatable bonds is 10. The van der Waals surface area contributed by atoms with Crippen LogP contribution < -0.4 is 4.74 Å². The minimum Gasteiger partial charge on any atom is -0.482 e. The van der Waals surface area contributed by atoms with E-state index in [4.69, 9.17) is 19.3 Å². The summed E-state index contributed by atoms with van der Waals surface area (Å²) in [6, 6.07) is 7.82. The highest BCUT2D eigenvalue weighted by Gasteiger charge is 2.48. The first kappa shape index (κ1) is 21.6. The van der Waals surface area contributed by atoms with Gasteiger partial charge in [-0.05, 0) is 68.4 Å². The molecular weight excluding hydrogens is 380 g/mol. The maximum atomic E-state index is 10.9. The van der Waals surface area contributed by atoms with Gasteiger partial charge in [0.25, 0.3) is 0 Å². The fraction of sp³-hybridized carbons (Fsp3) is 0.720. The van der Waals surface area contributed by atoms with E-state index in [1.807, 2.05) is 18.2 Å². The van der Waals surface area contributed by atoms with Gasteiger partial charge in [-0.1, -0.05) is 43.9 Å². The number of para-hydroxylation sites is 1. The van der Waals surface area contributed by atoms with E-state index in [1.54, 1.807) is 0 Å². The lowest BCUT2D eigenvalue weighted by molar-refractivity contribution is -0.139. The third kappa shape index (κ3) is 5.55. The SMILES string of the molecule is O=C(O)COc1ccccc1CC[C@H]1[C@@H](CCOC2CCCCCC2)[C@H]2CC[C@@H]1O2. The van der Waals surface area contributed by atoms with E-state index in [1.165, 1.54) is 51.4 Å². The normalized spacial score (nSPS) is 29.1. The van der Waals surface area contributed by atoms with E-state index in [0.29, 0.717) is 35.9 Å². The Hall–Kier alpha value is -1.59. The monoisotopic (exact) mass is 416 g/mol. The molecule has 1 saturated carbocycles. The van der Waals surface area contributed by atoms with Crippen molar-refractivity contribution < 1.29 is 24.1 Å². The average molecular weight is 417 g/mol. The second-order valence-electron chi connectivity index (χ2n) is 9.22. The Kier molecular flexibility index (Phi) is 7.67. The zero-order chi connectivity index (χ0) is 20.8. The number of carboxylic acids is 1. The fourth-order valence-electron chi connectivity index (χ4n) is 5.76. The Bertz CT molecular complexity index is 682. The van der Waals surface area contributed by atoms with Crippen molar-refractivity contribution in [3.05, 3.63) is 29.8 Å². The van der Waals surface area contributed by atoms with Crippen LogP contribution in [0.15, 0.2) is 24.3 Å². The molecule has 30 heavy (non-hydrogen) atoms. The standard InChI is InChI=1S/C25H36O5/c26-25(27)17-29-22-10-6-5-7-18(22)11-12-20-21(24-14-13-23(20)30-24)15-16-28-19-8-3-1-2-4-9-19/h5-7,10,19-21,23-24H,1-4,8-9,11-17H2,(H,26,27)/t20-,21+,23-,24+/m0/s1. The quantitative estimate of drug-likeness (QED) is 0.544. The van der Waals surface area contributed by atoms with Crippen LogP contribution in [0.4, 0.5) is 0 Å². The molecule has 5 nitrogen and oxygen atoms in total. The second-order valence-corrected chi connectivity index (χ2v) is 9.22. The average Bonchev–Trinajstić information content (AvgIpc) is 3.25. The molecule has 0 amide bonds. The van der Waals surface area contributed by atoms with Crippen LogP contribution in [-0.2, 0) is 20.7 Å². The predicted octanol–water partition coefficient (Wildman–Crippen LogP) is 5.01. The van der Waals surface area contributed by atoms with E-state index >= 15 is 0 Å². The van der Waals surface area contributed by atoms with Crippen molar-refractivity contribution in [2.24, 2.45) is 11.8 Å². The van der Waals surface area contributed by atoms with E-state index in [0.717, 1.165) is 31.4 Å². The maximum Gasteiger partial charge on any atom is 0.341 e. The smallest absolute Gasteiger partial charge is 0.341 e. The molecule has 1 aromatic rings. The molecule has 1 N–H and O–H groups in total. The summed E-state index contributed by atoms with van der Waals surface area (Å²) in [6.07, 6.45) is 14.5. The summed E-state index contributed by atoms with van der Waals surface area (Å²) in [5.74, 6) is 0.896. The number of benzene rings is 1. The highest BCUT2D eigenvalue weighted by Crippen LogP contribution is 2.47. The third-order valence-electron chi connectivity index (χ3n) is 7.27. The minimum absolute atomic E-state index is 0.296. The van der Waals surface area contributed by atoms with Crippen LogP contribution in [0.25, 0.3) is 0 Å². The number of aryl methyl sites for hydroxylation is 1. The first-order chi connectivity index (χ1) is 14.7. The van der Waals surface area contributed by atoms with Gasteiger partial charge < -0.3 is 19.3 Å². The first-order valence-corrected chi connectivity index (χ1v) is 11.9. The molecule has 1 aromatic carbocycles. The topological polar surface area (TPSA) is 65.0 Å². The number of aliphatic carboxylic acids is 1. The zero-order valence-electron chi connectivity index (χ0n) is 18.0. The van der Waals surface area contributed by atoms with Gasteiger partial charge in [-0.15, -0.1) is 0 Å². The van der Waals surface area contributed by atoms with Crippen LogP contribution in [0.3, 0.4) is 0 Å². The van der Waals surface area contributed by atoms with Gasteiger partial charge in [0.15, 0.2) is 6.61 Å². The van der Waals surface area contributed by atoms with Crippen molar-refractivity contribution in [3.8, 4) is 5.75 Å². The van der Waals surface area contributed by atoms with Crippen molar-refractivity contribution in [2.45, 2.75) is 88.9 Å². The van der Waals surface area contributed by atoms with Gasteiger partial charge in [0.05, 0.1) is 18.3 Å². The molecule has 2 bridgehead atoms. The van der Waals surface area contributed by atoms with E-state index < -0.39 is 5.97 Å². The summed E-state index contributed by atoms with van der Waals surface area (Å²) in [5, 5.41) is 8.91. The second kappa shape index (κ2) is 10.6. The van der Waals surface area contributed by atoms with Crippen molar-refractivity contribution in [1.29, 1.82) is 0 Å². The van der Waals surface area contributed by atoms with E-state index in [9.17, 15) is 4.79 Å². The number of carboxylic acid groups (broad SMARTS) is 1.